The van der Waals surface area contributed by atoms with E-state index >= 15 is 0 Å². The van der Waals surface area contributed by atoms with Gasteiger partial charge in [0.15, 0.2) is 11.5 Å². The van der Waals surface area contributed by atoms with E-state index in [9.17, 15) is 14.7 Å². The Morgan fingerprint density at radius 3 is 2.73 bits per heavy atom. The van der Waals surface area contributed by atoms with Gasteiger partial charge in [0.1, 0.15) is 5.56 Å². The fourth-order valence-corrected chi connectivity index (χ4v) is 2.99. The maximum Gasteiger partial charge on any atom is 0.276 e. The summed E-state index contributed by atoms with van der Waals surface area (Å²) in [6, 6.07) is 15.6. The molecule has 1 amide bonds. The van der Waals surface area contributed by atoms with Gasteiger partial charge in [0.2, 0.25) is 0 Å². The van der Waals surface area contributed by atoms with E-state index < -0.39 is 11.5 Å². The molecule has 0 aliphatic rings. The quantitative estimate of drug-likeness (QED) is 0.448. The third kappa shape index (κ3) is 5.07. The largest absolute Gasteiger partial charge is 0.503 e. The summed E-state index contributed by atoms with van der Waals surface area (Å²) in [6.07, 6.45) is 2.97. The number of carbonyl (C=O) groups is 1. The Balaban J connectivity index is 1.74. The number of amides is 1. The van der Waals surface area contributed by atoms with Crippen molar-refractivity contribution in [2.24, 2.45) is 5.10 Å². The van der Waals surface area contributed by atoms with Gasteiger partial charge in [0.25, 0.3) is 11.5 Å². The molecule has 0 unspecified atom stereocenters. The molecule has 0 aliphatic heterocycles. The smallest absolute Gasteiger partial charge is 0.276 e. The van der Waals surface area contributed by atoms with Crippen molar-refractivity contribution in [1.82, 2.24) is 9.99 Å². The number of phenolic OH excluding ortho intramolecular Hbond substituents is 1. The van der Waals surface area contributed by atoms with Gasteiger partial charge in [-0.2, -0.15) is 5.10 Å². The van der Waals surface area contributed by atoms with E-state index in [1.807, 2.05) is 30.3 Å². The number of rotatable bonds is 7. The van der Waals surface area contributed by atoms with Crippen LogP contribution in [0.4, 0.5) is 0 Å². The number of aromatic nitrogens is 1. The molecule has 0 radical (unpaired) electrons. The van der Waals surface area contributed by atoms with Crippen LogP contribution in [0.25, 0.3) is 0 Å². The number of ether oxygens (including phenoxy) is 1. The molecule has 2 N–H and O–H groups in total. The van der Waals surface area contributed by atoms with Gasteiger partial charge in [0, 0.05) is 6.20 Å². The zero-order valence-corrected chi connectivity index (χ0v) is 17.0. The van der Waals surface area contributed by atoms with Crippen LogP contribution in [0, 0.1) is 0 Å². The highest BCUT2D eigenvalue weighted by molar-refractivity contribution is 6.32. The number of halogens is 1. The molecule has 0 bridgehead atoms. The van der Waals surface area contributed by atoms with Gasteiger partial charge in [-0.05, 0) is 42.3 Å². The van der Waals surface area contributed by atoms with Gasteiger partial charge < -0.3 is 14.4 Å². The lowest BCUT2D eigenvalue weighted by molar-refractivity contribution is 0.0953. The predicted octanol–water partition coefficient (Wildman–Crippen LogP) is 3.42. The first-order valence-electron chi connectivity index (χ1n) is 9.21. The number of hydrazone groups is 1. The van der Waals surface area contributed by atoms with Crippen molar-refractivity contribution < 1.29 is 14.6 Å². The fraction of sp³-hybridized carbons (Fsp3) is 0.136. The first-order valence-corrected chi connectivity index (χ1v) is 9.59. The van der Waals surface area contributed by atoms with Crippen molar-refractivity contribution in [1.29, 1.82) is 0 Å². The summed E-state index contributed by atoms with van der Waals surface area (Å²) in [4.78, 5) is 25.1. The molecule has 0 atom stereocenters. The molecule has 0 saturated carbocycles. The van der Waals surface area contributed by atoms with Crippen LogP contribution >= 0.6 is 11.6 Å². The van der Waals surface area contributed by atoms with Gasteiger partial charge in [-0.15, -0.1) is 0 Å². The summed E-state index contributed by atoms with van der Waals surface area (Å²) < 4.78 is 6.77. The molecule has 1 aromatic heterocycles. The molecule has 1 heterocycles. The maximum absolute atomic E-state index is 12.6. The summed E-state index contributed by atoms with van der Waals surface area (Å²) in [7, 11) is 0. The lowest BCUT2D eigenvalue weighted by atomic mass is 10.2. The summed E-state index contributed by atoms with van der Waals surface area (Å²) >= 11 is 5.97. The Hall–Kier alpha value is -3.58. The average Bonchev–Trinajstić information content (AvgIpc) is 2.74. The van der Waals surface area contributed by atoms with E-state index in [1.54, 1.807) is 19.2 Å². The maximum atomic E-state index is 12.6. The second-order valence-corrected chi connectivity index (χ2v) is 6.73. The molecule has 0 saturated heterocycles. The van der Waals surface area contributed by atoms with Gasteiger partial charge in [0.05, 0.1) is 24.4 Å². The normalized spacial score (nSPS) is 10.9. The number of nitrogens with zero attached hydrogens (tertiary/aromatic N) is 2. The Labute approximate surface area is 178 Å². The van der Waals surface area contributed by atoms with Crippen molar-refractivity contribution >= 4 is 23.7 Å². The lowest BCUT2D eigenvalue weighted by Crippen LogP contribution is -2.30. The Kier molecular flexibility index (Phi) is 6.87. The molecule has 0 aliphatic carbocycles. The van der Waals surface area contributed by atoms with E-state index in [1.165, 1.54) is 29.0 Å². The first kappa shape index (κ1) is 21.1. The molecular formula is C22H20ClN3O4. The Morgan fingerprint density at radius 2 is 2.00 bits per heavy atom. The second kappa shape index (κ2) is 9.76. The van der Waals surface area contributed by atoms with Gasteiger partial charge in [-0.3, -0.25) is 9.59 Å². The minimum atomic E-state index is -0.631. The van der Waals surface area contributed by atoms with Crippen molar-refractivity contribution in [3.8, 4) is 11.5 Å². The van der Waals surface area contributed by atoms with Crippen LogP contribution in [0.3, 0.4) is 0 Å². The molecule has 0 spiro atoms. The van der Waals surface area contributed by atoms with E-state index in [-0.39, 0.29) is 22.1 Å². The SMILES string of the molecule is CCOc1cc(/C=N\NC(=O)c2cccn(Cc3ccccc3)c2=O)cc(Cl)c1O. The topological polar surface area (TPSA) is 92.9 Å². The predicted molar refractivity (Wildman–Crippen MR) is 116 cm³/mol. The number of carbonyl (C=O) groups excluding carboxylic acids is 1. The van der Waals surface area contributed by atoms with Crippen LogP contribution in [-0.4, -0.2) is 28.4 Å². The standard InChI is InChI=1S/C22H20ClN3O4/c1-2-30-19-12-16(11-18(23)20(19)27)13-24-25-21(28)17-9-6-10-26(22(17)29)14-15-7-4-3-5-8-15/h3-13,27H,2,14H2,1H3,(H,25,28)/b24-13-. The van der Waals surface area contributed by atoms with Crippen LogP contribution in [0.15, 0.2) is 70.7 Å². The highest BCUT2D eigenvalue weighted by atomic mass is 35.5. The van der Waals surface area contributed by atoms with Crippen molar-refractivity contribution in [2.45, 2.75) is 13.5 Å². The van der Waals surface area contributed by atoms with Gasteiger partial charge >= 0.3 is 0 Å². The van der Waals surface area contributed by atoms with Crippen LogP contribution in [0.5, 0.6) is 11.5 Å². The number of hydrogen-bond acceptors (Lipinski definition) is 5. The molecular weight excluding hydrogens is 406 g/mol. The summed E-state index contributed by atoms with van der Waals surface area (Å²) in [5.41, 5.74) is 3.35. The number of hydrogen-bond donors (Lipinski definition) is 2. The van der Waals surface area contributed by atoms with E-state index in [4.69, 9.17) is 16.3 Å². The van der Waals surface area contributed by atoms with Gasteiger partial charge in [-0.25, -0.2) is 5.43 Å². The molecule has 3 aromatic rings. The zero-order chi connectivity index (χ0) is 21.5. The Morgan fingerprint density at radius 1 is 1.23 bits per heavy atom. The van der Waals surface area contributed by atoms with Crippen LogP contribution in [-0.2, 0) is 6.54 Å². The summed E-state index contributed by atoms with van der Waals surface area (Å²) in [5.74, 6) is -0.582. The molecule has 8 heteroatoms. The lowest BCUT2D eigenvalue weighted by Gasteiger charge is -2.08. The van der Waals surface area contributed by atoms with E-state index in [0.717, 1.165) is 5.56 Å². The van der Waals surface area contributed by atoms with Gasteiger partial charge in [-0.1, -0.05) is 41.9 Å². The number of nitrogens with one attached hydrogen (secondary N) is 1. The summed E-state index contributed by atoms with van der Waals surface area (Å²) in [5, 5.41) is 13.8. The molecule has 154 valence electrons. The molecule has 7 nitrogen and oxygen atoms in total. The minimum absolute atomic E-state index is 0.0238. The van der Waals surface area contributed by atoms with E-state index in [0.29, 0.717) is 18.7 Å². The molecule has 0 fully saturated rings. The third-order valence-electron chi connectivity index (χ3n) is 4.19. The Bertz CT molecular complexity index is 1130. The molecule has 2 aromatic carbocycles. The van der Waals surface area contributed by atoms with E-state index in [2.05, 4.69) is 10.5 Å². The van der Waals surface area contributed by atoms with Crippen LogP contribution < -0.4 is 15.7 Å². The molecule has 30 heavy (non-hydrogen) atoms. The third-order valence-corrected chi connectivity index (χ3v) is 4.48. The van der Waals surface area contributed by atoms with Crippen LogP contribution in [0.1, 0.15) is 28.4 Å². The van der Waals surface area contributed by atoms with Crippen molar-refractivity contribution in [3.05, 3.63) is 92.9 Å². The average molecular weight is 426 g/mol. The minimum Gasteiger partial charge on any atom is -0.503 e. The highest BCUT2D eigenvalue weighted by Crippen LogP contribution is 2.34. The summed E-state index contributed by atoms with van der Waals surface area (Å²) in [6.45, 7) is 2.49. The van der Waals surface area contributed by atoms with Crippen LogP contribution in [0.2, 0.25) is 5.02 Å². The first-order chi connectivity index (χ1) is 14.5. The number of phenols is 1. The second-order valence-electron chi connectivity index (χ2n) is 6.32. The van der Waals surface area contributed by atoms with Crippen molar-refractivity contribution in [3.63, 3.8) is 0 Å². The fourth-order valence-electron chi connectivity index (χ4n) is 2.77. The van der Waals surface area contributed by atoms with Crippen molar-refractivity contribution in [2.75, 3.05) is 6.61 Å². The number of aromatic hydroxyl groups is 1. The number of pyridine rings is 1. The monoisotopic (exact) mass is 425 g/mol. The number of benzene rings is 2. The molecule has 3 rings (SSSR count). The highest BCUT2D eigenvalue weighted by Gasteiger charge is 2.12. The zero-order valence-electron chi connectivity index (χ0n) is 16.2.